The van der Waals surface area contributed by atoms with Crippen molar-refractivity contribution in [2.45, 2.75) is 25.8 Å². The van der Waals surface area contributed by atoms with E-state index >= 15 is 0 Å². The maximum atomic E-state index is 6.00. The number of halogens is 2. The Morgan fingerprint density at radius 1 is 1.23 bits per heavy atom. The first-order chi connectivity index (χ1) is 6.13. The van der Waals surface area contributed by atoms with Crippen LogP contribution in [0.3, 0.4) is 0 Å². The molecule has 0 aliphatic rings. The lowest BCUT2D eigenvalue weighted by atomic mass is 10.0. The Hall–Kier alpha value is 0.140. The smallest absolute Gasteiger partial charge is 0.0295 e. The maximum Gasteiger partial charge on any atom is 0.0295 e. The van der Waals surface area contributed by atoms with Crippen molar-refractivity contribution in [2.75, 3.05) is 0 Å². The van der Waals surface area contributed by atoms with Crippen LogP contribution in [0.1, 0.15) is 31.4 Å². The van der Waals surface area contributed by atoms with Crippen LogP contribution in [0.15, 0.2) is 27.1 Å². The lowest BCUT2D eigenvalue weighted by Gasteiger charge is -2.11. The molecule has 1 unspecified atom stereocenters. The van der Waals surface area contributed by atoms with Crippen LogP contribution in [0.5, 0.6) is 0 Å². The first kappa shape index (κ1) is 11.2. The fourth-order valence-corrected chi connectivity index (χ4v) is 2.60. The molecule has 3 heteroatoms. The Morgan fingerprint density at radius 3 is 2.23 bits per heavy atom. The molecule has 1 rings (SSSR count). The molecule has 0 bridgehead atoms. The second-order valence-electron chi connectivity index (χ2n) is 3.10. The molecule has 0 saturated carbocycles. The third kappa shape index (κ3) is 3.41. The van der Waals surface area contributed by atoms with Gasteiger partial charge in [0.25, 0.3) is 0 Å². The summed E-state index contributed by atoms with van der Waals surface area (Å²) >= 11 is 6.89. The van der Waals surface area contributed by atoms with Gasteiger partial charge in [-0.3, -0.25) is 0 Å². The molecule has 0 aliphatic carbocycles. The third-order valence-electron chi connectivity index (χ3n) is 1.91. The van der Waals surface area contributed by atoms with Gasteiger partial charge in [0, 0.05) is 15.0 Å². The van der Waals surface area contributed by atoms with E-state index in [1.165, 1.54) is 5.56 Å². The summed E-state index contributed by atoms with van der Waals surface area (Å²) in [5.74, 6) is 0. The zero-order valence-corrected chi connectivity index (χ0v) is 10.7. The van der Waals surface area contributed by atoms with Gasteiger partial charge in [0.1, 0.15) is 0 Å². The number of hydrogen-bond acceptors (Lipinski definition) is 1. The molecule has 0 heterocycles. The summed E-state index contributed by atoms with van der Waals surface area (Å²) in [4.78, 5) is 0. The Labute approximate surface area is 96.0 Å². The molecule has 0 spiro atoms. The number of rotatable bonds is 3. The lowest BCUT2D eigenvalue weighted by Crippen LogP contribution is -2.09. The normalized spacial score (nSPS) is 12.9. The van der Waals surface area contributed by atoms with Crippen molar-refractivity contribution in [3.8, 4) is 0 Å². The van der Waals surface area contributed by atoms with Gasteiger partial charge >= 0.3 is 0 Å². The molecule has 0 amide bonds. The predicted molar refractivity (Wildman–Crippen MR) is 63.7 cm³/mol. The summed E-state index contributed by atoms with van der Waals surface area (Å²) in [5.41, 5.74) is 7.19. The molecule has 2 N–H and O–H groups in total. The van der Waals surface area contributed by atoms with E-state index in [1.54, 1.807) is 0 Å². The van der Waals surface area contributed by atoms with Gasteiger partial charge in [0.15, 0.2) is 0 Å². The fraction of sp³-hybridized carbons (Fsp3) is 0.400. The molecule has 1 aromatic carbocycles. The largest absolute Gasteiger partial charge is 0.324 e. The van der Waals surface area contributed by atoms with Crippen molar-refractivity contribution in [3.63, 3.8) is 0 Å². The quantitative estimate of drug-likeness (QED) is 0.897. The molecule has 1 aromatic rings. The Balaban J connectivity index is 2.87. The van der Waals surface area contributed by atoms with Crippen LogP contribution in [0.2, 0.25) is 0 Å². The SMILES string of the molecule is CCCC(N)c1cc(Br)cc(Br)c1. The molecular formula is C10H13Br2N. The summed E-state index contributed by atoms with van der Waals surface area (Å²) < 4.78 is 2.15. The van der Waals surface area contributed by atoms with Gasteiger partial charge < -0.3 is 5.73 Å². The van der Waals surface area contributed by atoms with Crippen LogP contribution in [-0.4, -0.2) is 0 Å². The molecular weight excluding hydrogens is 294 g/mol. The zero-order valence-electron chi connectivity index (χ0n) is 7.56. The highest BCUT2D eigenvalue weighted by Gasteiger charge is 2.05. The van der Waals surface area contributed by atoms with Crippen molar-refractivity contribution in [1.29, 1.82) is 0 Å². The summed E-state index contributed by atoms with van der Waals surface area (Å²) in [6, 6.07) is 6.32. The average Bonchev–Trinajstić information content (AvgIpc) is 2.03. The second-order valence-corrected chi connectivity index (χ2v) is 4.93. The molecule has 72 valence electrons. The van der Waals surface area contributed by atoms with E-state index in [0.717, 1.165) is 21.8 Å². The minimum Gasteiger partial charge on any atom is -0.324 e. The third-order valence-corrected chi connectivity index (χ3v) is 2.83. The van der Waals surface area contributed by atoms with Crippen LogP contribution in [0, 0.1) is 0 Å². The highest BCUT2D eigenvalue weighted by Crippen LogP contribution is 2.24. The summed E-state index contributed by atoms with van der Waals surface area (Å²) in [5, 5.41) is 0. The highest BCUT2D eigenvalue weighted by molar-refractivity contribution is 9.11. The molecule has 0 fully saturated rings. The van der Waals surface area contributed by atoms with Crippen LogP contribution in [0.4, 0.5) is 0 Å². The Bertz CT molecular complexity index is 266. The minimum absolute atomic E-state index is 0.152. The monoisotopic (exact) mass is 305 g/mol. The van der Waals surface area contributed by atoms with Crippen molar-refractivity contribution in [1.82, 2.24) is 0 Å². The van der Waals surface area contributed by atoms with Crippen LogP contribution in [0.25, 0.3) is 0 Å². The molecule has 13 heavy (non-hydrogen) atoms. The maximum absolute atomic E-state index is 6.00. The molecule has 0 aromatic heterocycles. The van der Waals surface area contributed by atoms with Crippen LogP contribution < -0.4 is 5.73 Å². The van der Waals surface area contributed by atoms with E-state index in [1.807, 2.05) is 6.07 Å². The van der Waals surface area contributed by atoms with Gasteiger partial charge in [-0.1, -0.05) is 45.2 Å². The average molecular weight is 307 g/mol. The van der Waals surface area contributed by atoms with E-state index in [2.05, 4.69) is 50.9 Å². The fourth-order valence-electron chi connectivity index (χ4n) is 1.27. The number of benzene rings is 1. The van der Waals surface area contributed by atoms with Gasteiger partial charge in [-0.05, 0) is 30.2 Å². The molecule has 0 radical (unpaired) electrons. The number of nitrogens with two attached hydrogens (primary N) is 1. The highest BCUT2D eigenvalue weighted by atomic mass is 79.9. The molecule has 1 nitrogen and oxygen atoms in total. The number of hydrogen-bond donors (Lipinski definition) is 1. The molecule has 1 atom stereocenters. The van der Waals surface area contributed by atoms with Crippen molar-refractivity contribution < 1.29 is 0 Å². The predicted octanol–water partition coefficient (Wildman–Crippen LogP) is 4.01. The van der Waals surface area contributed by atoms with Crippen molar-refractivity contribution in [2.24, 2.45) is 5.73 Å². The summed E-state index contributed by atoms with van der Waals surface area (Å²) in [6.45, 7) is 2.15. The van der Waals surface area contributed by atoms with E-state index in [-0.39, 0.29) is 6.04 Å². The van der Waals surface area contributed by atoms with Gasteiger partial charge in [-0.15, -0.1) is 0 Å². The Kier molecular flexibility index (Phi) is 4.42. The topological polar surface area (TPSA) is 26.0 Å². The zero-order chi connectivity index (χ0) is 9.84. The van der Waals surface area contributed by atoms with Crippen LogP contribution >= 0.6 is 31.9 Å². The van der Waals surface area contributed by atoms with E-state index < -0.39 is 0 Å². The van der Waals surface area contributed by atoms with Gasteiger partial charge in [0.2, 0.25) is 0 Å². The minimum atomic E-state index is 0.152. The van der Waals surface area contributed by atoms with Crippen molar-refractivity contribution in [3.05, 3.63) is 32.7 Å². The van der Waals surface area contributed by atoms with E-state index in [9.17, 15) is 0 Å². The van der Waals surface area contributed by atoms with Crippen LogP contribution in [-0.2, 0) is 0 Å². The van der Waals surface area contributed by atoms with Gasteiger partial charge in [-0.25, -0.2) is 0 Å². The van der Waals surface area contributed by atoms with Crippen molar-refractivity contribution >= 4 is 31.9 Å². The van der Waals surface area contributed by atoms with E-state index in [0.29, 0.717) is 0 Å². The second kappa shape index (κ2) is 5.13. The standard InChI is InChI=1S/C10H13Br2N/c1-2-3-10(13)7-4-8(11)6-9(12)5-7/h4-6,10H,2-3,13H2,1H3. The Morgan fingerprint density at radius 2 is 1.77 bits per heavy atom. The summed E-state index contributed by atoms with van der Waals surface area (Å²) in [6.07, 6.45) is 2.15. The molecule has 0 saturated heterocycles. The first-order valence-electron chi connectivity index (χ1n) is 4.35. The molecule has 0 aliphatic heterocycles. The summed E-state index contributed by atoms with van der Waals surface area (Å²) in [7, 11) is 0. The van der Waals surface area contributed by atoms with E-state index in [4.69, 9.17) is 5.73 Å². The lowest BCUT2D eigenvalue weighted by molar-refractivity contribution is 0.638. The van der Waals surface area contributed by atoms with Gasteiger partial charge in [-0.2, -0.15) is 0 Å². The first-order valence-corrected chi connectivity index (χ1v) is 5.93. The van der Waals surface area contributed by atoms with Gasteiger partial charge in [0.05, 0.1) is 0 Å².